The van der Waals surface area contributed by atoms with Crippen molar-refractivity contribution in [2.24, 2.45) is 11.8 Å². The number of thioether (sulfide) groups is 2. The van der Waals surface area contributed by atoms with Crippen molar-refractivity contribution in [1.82, 2.24) is 0 Å². The standard InChI is InChI=1S/2C23H26FNO5S2/c2*1-3-4-8-16-13-25(17-9-6-5-7-10-17)19-11-21(31-2)20(30-14-18(24)23(26)27)12-22(19)32(28,29)15-16/h2*5-7,9-12,14,16H,3-4,8,13,15H2,1-2H3,(H,26,27)/b2*18-14-/t2*16-/m10/s1. The number of anilines is 4. The Labute approximate surface area is 382 Å². The fourth-order valence-corrected chi connectivity index (χ4v) is 12.2. The van der Waals surface area contributed by atoms with Gasteiger partial charge in [-0.15, -0.1) is 23.5 Å². The molecule has 18 heteroatoms. The van der Waals surface area contributed by atoms with E-state index in [0.29, 0.717) is 46.8 Å². The van der Waals surface area contributed by atoms with E-state index in [1.807, 2.05) is 70.5 Å². The Kier molecular flexibility index (Phi) is 17.7. The molecule has 0 bridgehead atoms. The molecule has 4 aromatic carbocycles. The van der Waals surface area contributed by atoms with Gasteiger partial charge in [0.2, 0.25) is 11.7 Å². The Morgan fingerprint density at radius 2 is 1.02 bits per heavy atom. The molecule has 2 aliphatic rings. The second-order valence-corrected chi connectivity index (χ2v) is 20.9. The van der Waals surface area contributed by atoms with Crippen LogP contribution in [0.4, 0.5) is 31.5 Å². The molecule has 0 radical (unpaired) electrons. The molecule has 0 saturated heterocycles. The summed E-state index contributed by atoms with van der Waals surface area (Å²) in [5.41, 5.74) is 2.83. The molecule has 4 aromatic rings. The van der Waals surface area contributed by atoms with Gasteiger partial charge in [-0.2, -0.15) is 8.78 Å². The fourth-order valence-electron chi connectivity index (χ4n) is 7.47. The van der Waals surface area contributed by atoms with E-state index in [1.165, 1.54) is 35.7 Å². The summed E-state index contributed by atoms with van der Waals surface area (Å²) in [7, 11) is -7.33. The maximum atomic E-state index is 13.5. The minimum absolute atomic E-state index is 0.000709. The zero-order valence-corrected chi connectivity index (χ0v) is 39.2. The normalized spacial score (nSPS) is 18.0. The van der Waals surface area contributed by atoms with Crippen molar-refractivity contribution in [2.45, 2.75) is 72.0 Å². The van der Waals surface area contributed by atoms with Crippen LogP contribution in [0.1, 0.15) is 52.4 Å². The molecule has 6 rings (SSSR count). The number of rotatable bonds is 16. The third-order valence-corrected chi connectivity index (χ3v) is 15.9. The first-order chi connectivity index (χ1) is 30.5. The average Bonchev–Trinajstić information content (AvgIpc) is 3.47. The molecule has 0 amide bonds. The molecule has 2 atom stereocenters. The maximum Gasteiger partial charge on any atom is 0.368 e. The van der Waals surface area contributed by atoms with Crippen LogP contribution in [0.5, 0.6) is 11.5 Å². The van der Waals surface area contributed by atoms with Gasteiger partial charge in [0.1, 0.15) is 24.0 Å². The van der Waals surface area contributed by atoms with Crippen LogP contribution in [0, 0.1) is 11.8 Å². The molecule has 12 nitrogen and oxygen atoms in total. The van der Waals surface area contributed by atoms with E-state index in [4.69, 9.17) is 19.7 Å². The maximum absolute atomic E-state index is 13.5. The van der Waals surface area contributed by atoms with Gasteiger partial charge in [0.15, 0.2) is 19.7 Å². The lowest BCUT2D eigenvalue weighted by atomic mass is 10.0. The lowest BCUT2D eigenvalue weighted by Crippen LogP contribution is -2.26. The first-order valence-corrected chi connectivity index (χ1v) is 26.3. The zero-order valence-electron chi connectivity index (χ0n) is 35.9. The van der Waals surface area contributed by atoms with Gasteiger partial charge in [0.25, 0.3) is 0 Å². The van der Waals surface area contributed by atoms with Gasteiger partial charge in [0, 0.05) is 36.6 Å². The Morgan fingerprint density at radius 1 is 0.656 bits per heavy atom. The van der Waals surface area contributed by atoms with Crippen LogP contribution in [0.15, 0.2) is 129 Å². The molecule has 0 saturated carbocycles. The van der Waals surface area contributed by atoms with Gasteiger partial charge in [-0.25, -0.2) is 26.4 Å². The lowest BCUT2D eigenvalue weighted by Gasteiger charge is -2.28. The molecule has 2 N–H and O–H groups in total. The minimum Gasteiger partial charge on any atom is -0.476 e. The van der Waals surface area contributed by atoms with E-state index < -0.39 is 43.3 Å². The van der Waals surface area contributed by atoms with Gasteiger partial charge in [-0.1, -0.05) is 75.9 Å². The number of fused-ring (bicyclic) bond motifs is 2. The molecule has 0 unspecified atom stereocenters. The number of carboxylic acid groups (broad SMARTS) is 2. The number of carboxylic acids is 2. The summed E-state index contributed by atoms with van der Waals surface area (Å²) < 4.78 is 90.9. The summed E-state index contributed by atoms with van der Waals surface area (Å²) in [6.07, 6.45) is 9.93. The fraction of sp³-hybridized carbons (Fsp3) is 0.348. The molecule has 2 heterocycles. The van der Waals surface area contributed by atoms with Crippen LogP contribution >= 0.6 is 23.5 Å². The molecule has 0 aliphatic carbocycles. The number of ether oxygens (including phenoxy) is 2. The Hall–Kier alpha value is -5.04. The number of sulfone groups is 2. The molecule has 344 valence electrons. The Balaban J connectivity index is 0.000000241. The van der Waals surface area contributed by atoms with Gasteiger partial charge >= 0.3 is 11.9 Å². The summed E-state index contributed by atoms with van der Waals surface area (Å²) in [6.45, 7) is 5.26. The Morgan fingerprint density at radius 3 is 1.33 bits per heavy atom. The molecule has 0 aromatic heterocycles. The number of para-hydroxylation sites is 2. The van der Waals surface area contributed by atoms with Crippen LogP contribution in [-0.2, 0) is 29.3 Å². The van der Waals surface area contributed by atoms with E-state index in [0.717, 1.165) is 49.9 Å². The SMILES string of the molecule is CCCC[C@@H]1CN(c2ccccc2)c2cc(SC)c(O/C=C(\F)C(=O)O)cc2S(=O)(=O)C1.CCCC[C@H]1CN(c2ccccc2)c2cc(SC)c(O/C=C(\F)C(=O)O)cc2S(=O)(=O)C1. The molecule has 64 heavy (non-hydrogen) atoms. The van der Waals surface area contributed by atoms with Gasteiger partial charge in [-0.05, 0) is 73.6 Å². The molecule has 2 aliphatic heterocycles. The summed E-state index contributed by atoms with van der Waals surface area (Å²) in [4.78, 5) is 26.8. The highest BCUT2D eigenvalue weighted by molar-refractivity contribution is 7.99. The van der Waals surface area contributed by atoms with Gasteiger partial charge in [0.05, 0.1) is 42.5 Å². The largest absolute Gasteiger partial charge is 0.476 e. The van der Waals surface area contributed by atoms with Crippen molar-refractivity contribution in [3.05, 3.63) is 109 Å². The van der Waals surface area contributed by atoms with Crippen LogP contribution in [0.3, 0.4) is 0 Å². The van der Waals surface area contributed by atoms with Crippen molar-refractivity contribution in [3.8, 4) is 11.5 Å². The third-order valence-electron chi connectivity index (χ3n) is 10.6. The molecule has 0 spiro atoms. The van der Waals surface area contributed by atoms with Gasteiger partial charge < -0.3 is 29.5 Å². The quantitative estimate of drug-likeness (QED) is 0.0618. The van der Waals surface area contributed by atoms with E-state index in [9.17, 15) is 35.2 Å². The highest BCUT2D eigenvalue weighted by Gasteiger charge is 2.35. The van der Waals surface area contributed by atoms with Crippen LogP contribution in [0.2, 0.25) is 0 Å². The van der Waals surface area contributed by atoms with Crippen molar-refractivity contribution >= 4 is 77.9 Å². The summed E-state index contributed by atoms with van der Waals surface area (Å²) in [5, 5.41) is 17.5. The first-order valence-electron chi connectivity index (χ1n) is 20.6. The average molecular weight is 959 g/mol. The summed E-state index contributed by atoms with van der Waals surface area (Å²) in [5.74, 6) is -6.38. The number of unbranched alkanes of at least 4 members (excludes halogenated alkanes) is 2. The van der Waals surface area contributed by atoms with Gasteiger partial charge in [-0.3, -0.25) is 0 Å². The summed E-state index contributed by atoms with van der Waals surface area (Å²) in [6, 6.07) is 25.4. The highest BCUT2D eigenvalue weighted by atomic mass is 32.2. The highest BCUT2D eigenvalue weighted by Crippen LogP contribution is 2.45. The van der Waals surface area contributed by atoms with E-state index in [2.05, 4.69) is 13.8 Å². The molecular weight excluding hydrogens is 907 g/mol. The summed E-state index contributed by atoms with van der Waals surface area (Å²) >= 11 is 2.60. The number of hydrogen-bond acceptors (Lipinski definition) is 12. The van der Waals surface area contributed by atoms with E-state index >= 15 is 0 Å². The lowest BCUT2D eigenvalue weighted by molar-refractivity contribution is -0.135. The van der Waals surface area contributed by atoms with Crippen molar-refractivity contribution in [1.29, 1.82) is 0 Å². The smallest absolute Gasteiger partial charge is 0.368 e. The number of aliphatic carboxylic acids is 2. The van der Waals surface area contributed by atoms with Crippen molar-refractivity contribution < 1.29 is 54.9 Å². The number of benzene rings is 4. The number of hydrogen-bond donors (Lipinski definition) is 2. The van der Waals surface area contributed by atoms with Crippen molar-refractivity contribution in [2.75, 3.05) is 46.9 Å². The third kappa shape index (κ3) is 12.6. The first kappa shape index (κ1) is 50.0. The Bertz CT molecular complexity index is 2380. The van der Waals surface area contributed by atoms with Crippen LogP contribution < -0.4 is 19.3 Å². The van der Waals surface area contributed by atoms with E-state index in [-0.39, 0.29) is 44.6 Å². The number of nitrogens with zero attached hydrogens (tertiary/aromatic N) is 2. The monoisotopic (exact) mass is 958 g/mol. The topological polar surface area (TPSA) is 168 Å². The number of carbonyl (C=O) groups is 2. The number of halogens is 2. The van der Waals surface area contributed by atoms with Crippen LogP contribution in [0.25, 0.3) is 0 Å². The second-order valence-electron chi connectivity index (χ2n) is 15.2. The zero-order chi connectivity index (χ0) is 46.6. The second kappa shape index (κ2) is 22.7. The van der Waals surface area contributed by atoms with E-state index in [1.54, 1.807) is 24.6 Å². The van der Waals surface area contributed by atoms with Crippen LogP contribution in [-0.4, -0.2) is 76.1 Å². The molecular formula is C46H52F2N2O10S4. The minimum atomic E-state index is -3.66. The van der Waals surface area contributed by atoms with Crippen molar-refractivity contribution in [3.63, 3.8) is 0 Å². The predicted molar refractivity (Wildman–Crippen MR) is 248 cm³/mol. The predicted octanol–water partition coefficient (Wildman–Crippen LogP) is 10.8. The molecule has 0 fully saturated rings.